The number of ether oxygens (including phenoxy) is 2. The van der Waals surface area contributed by atoms with Crippen LogP contribution in [0, 0.1) is 17.5 Å². The first-order chi connectivity index (χ1) is 11.4. The molecule has 0 saturated carbocycles. The molecule has 0 unspecified atom stereocenters. The predicted molar refractivity (Wildman–Crippen MR) is 81.2 cm³/mol. The Morgan fingerprint density at radius 3 is 2.38 bits per heavy atom. The molecule has 0 aliphatic heterocycles. The Hall–Kier alpha value is -2.77. The minimum absolute atomic E-state index is 0.131. The minimum Gasteiger partial charge on any atom is -0.492 e. The summed E-state index contributed by atoms with van der Waals surface area (Å²) in [6, 6.07) is 2.49. The number of benzene rings is 1. The molecule has 8 heteroatoms. The van der Waals surface area contributed by atoms with Crippen LogP contribution in [-0.4, -0.2) is 25.2 Å². The lowest BCUT2D eigenvalue weighted by molar-refractivity contribution is 0.0590. The van der Waals surface area contributed by atoms with Crippen molar-refractivity contribution in [2.75, 3.05) is 20.0 Å². The topological polar surface area (TPSA) is 74.4 Å². The van der Waals surface area contributed by atoms with Gasteiger partial charge in [0, 0.05) is 5.56 Å². The number of nitrogens with two attached hydrogens (primary N) is 1. The van der Waals surface area contributed by atoms with E-state index in [-0.39, 0.29) is 17.7 Å². The molecule has 2 rings (SSSR count). The van der Waals surface area contributed by atoms with E-state index in [4.69, 9.17) is 10.5 Å². The number of nitrogen functional groups attached to an aromatic ring is 1. The Labute approximate surface area is 136 Å². The lowest BCUT2D eigenvalue weighted by atomic mass is 10.0. The normalized spacial score (nSPS) is 10.6. The number of methoxy groups -OCH3 is 2. The molecule has 1 aromatic carbocycles. The van der Waals surface area contributed by atoms with Gasteiger partial charge in [0.05, 0.1) is 14.2 Å². The summed E-state index contributed by atoms with van der Waals surface area (Å²) >= 11 is 0. The molecule has 5 nitrogen and oxygen atoms in total. The van der Waals surface area contributed by atoms with Crippen molar-refractivity contribution in [2.24, 2.45) is 0 Å². The van der Waals surface area contributed by atoms with Crippen LogP contribution in [0.15, 0.2) is 12.1 Å². The average molecular weight is 340 g/mol. The van der Waals surface area contributed by atoms with Crippen molar-refractivity contribution in [2.45, 2.75) is 13.3 Å². The second-order valence-electron chi connectivity index (χ2n) is 4.82. The summed E-state index contributed by atoms with van der Waals surface area (Å²) in [6.45, 7) is 1.65. The third-order valence-electron chi connectivity index (χ3n) is 3.51. The summed E-state index contributed by atoms with van der Waals surface area (Å²) < 4.78 is 52.1. The van der Waals surface area contributed by atoms with Crippen molar-refractivity contribution in [3.8, 4) is 17.0 Å². The van der Waals surface area contributed by atoms with Crippen LogP contribution in [0.25, 0.3) is 11.3 Å². The molecule has 0 bridgehead atoms. The van der Waals surface area contributed by atoms with Gasteiger partial charge in [0.1, 0.15) is 11.4 Å². The highest BCUT2D eigenvalue weighted by atomic mass is 19.2. The number of hydrogen-bond donors (Lipinski definition) is 1. The van der Waals surface area contributed by atoms with E-state index in [0.717, 1.165) is 14.2 Å². The summed E-state index contributed by atoms with van der Waals surface area (Å²) in [6.07, 6.45) is 0.261. The maximum Gasteiger partial charge on any atom is 0.360 e. The molecule has 0 spiro atoms. The van der Waals surface area contributed by atoms with Crippen molar-refractivity contribution >= 4 is 11.7 Å². The molecule has 0 amide bonds. The SMILES string of the molecule is CCc1ccc(-c2nc(C(=O)OC)c(OC)c(N)c2F)c(F)c1F. The van der Waals surface area contributed by atoms with Gasteiger partial charge in [0.15, 0.2) is 28.9 Å². The van der Waals surface area contributed by atoms with Crippen LogP contribution in [0.3, 0.4) is 0 Å². The Morgan fingerprint density at radius 2 is 1.83 bits per heavy atom. The van der Waals surface area contributed by atoms with Gasteiger partial charge in [-0.2, -0.15) is 0 Å². The quantitative estimate of drug-likeness (QED) is 0.866. The van der Waals surface area contributed by atoms with Crippen LogP contribution in [0.1, 0.15) is 23.0 Å². The highest BCUT2D eigenvalue weighted by molar-refractivity contribution is 5.93. The van der Waals surface area contributed by atoms with Gasteiger partial charge in [-0.05, 0) is 18.1 Å². The molecule has 128 valence electrons. The lowest BCUT2D eigenvalue weighted by Gasteiger charge is -2.14. The van der Waals surface area contributed by atoms with Crippen molar-refractivity contribution in [1.82, 2.24) is 4.98 Å². The lowest BCUT2D eigenvalue weighted by Crippen LogP contribution is -2.12. The fraction of sp³-hybridized carbons (Fsp3) is 0.250. The molecule has 0 aliphatic carbocycles. The van der Waals surface area contributed by atoms with Crippen molar-refractivity contribution in [3.05, 3.63) is 40.8 Å². The van der Waals surface area contributed by atoms with E-state index in [1.54, 1.807) is 6.92 Å². The first-order valence-corrected chi connectivity index (χ1v) is 6.95. The summed E-state index contributed by atoms with van der Waals surface area (Å²) in [5, 5.41) is 0. The standard InChI is InChI=1S/C16H15F3N2O3/c1-4-7-5-6-8(10(18)9(7)17)13-11(19)12(20)15(23-2)14(21-13)16(22)24-3/h5-6H,4H2,1-3H3,(H2,20,21). The van der Waals surface area contributed by atoms with E-state index in [2.05, 4.69) is 9.72 Å². The van der Waals surface area contributed by atoms with Crippen LogP contribution in [0.5, 0.6) is 5.75 Å². The van der Waals surface area contributed by atoms with Gasteiger partial charge < -0.3 is 15.2 Å². The van der Waals surface area contributed by atoms with E-state index < -0.39 is 46.1 Å². The van der Waals surface area contributed by atoms with Gasteiger partial charge in [-0.1, -0.05) is 13.0 Å². The third kappa shape index (κ3) is 2.75. The van der Waals surface area contributed by atoms with Crippen molar-refractivity contribution in [1.29, 1.82) is 0 Å². The van der Waals surface area contributed by atoms with Crippen LogP contribution < -0.4 is 10.5 Å². The summed E-state index contributed by atoms with van der Waals surface area (Å²) in [5.74, 6) is -4.80. The van der Waals surface area contributed by atoms with E-state index in [1.807, 2.05) is 0 Å². The first-order valence-electron chi connectivity index (χ1n) is 6.95. The third-order valence-corrected chi connectivity index (χ3v) is 3.51. The van der Waals surface area contributed by atoms with Gasteiger partial charge in [-0.15, -0.1) is 0 Å². The molecule has 0 fully saturated rings. The summed E-state index contributed by atoms with van der Waals surface area (Å²) in [7, 11) is 2.24. The molecule has 2 aromatic rings. The zero-order valence-electron chi connectivity index (χ0n) is 13.2. The molecule has 0 aliphatic rings. The predicted octanol–water partition coefficient (Wildman–Crippen LogP) is 3.11. The van der Waals surface area contributed by atoms with E-state index in [9.17, 15) is 18.0 Å². The highest BCUT2D eigenvalue weighted by Crippen LogP contribution is 2.36. The summed E-state index contributed by atoms with van der Waals surface area (Å²) in [4.78, 5) is 15.5. The zero-order chi connectivity index (χ0) is 18.0. The number of carbonyl (C=O) groups excluding carboxylic acids is 1. The number of aryl methyl sites for hydroxylation is 1. The number of pyridine rings is 1. The van der Waals surface area contributed by atoms with Crippen LogP contribution >= 0.6 is 0 Å². The first kappa shape index (κ1) is 17.6. The van der Waals surface area contributed by atoms with Crippen LogP contribution in [0.2, 0.25) is 0 Å². The molecule has 24 heavy (non-hydrogen) atoms. The molecule has 0 saturated heterocycles. The van der Waals surface area contributed by atoms with E-state index >= 15 is 0 Å². The van der Waals surface area contributed by atoms with Gasteiger partial charge in [-0.3, -0.25) is 0 Å². The number of rotatable bonds is 4. The molecular formula is C16H15F3N2O3. The number of anilines is 1. The fourth-order valence-corrected chi connectivity index (χ4v) is 2.23. The largest absolute Gasteiger partial charge is 0.492 e. The number of aromatic nitrogens is 1. The Balaban J connectivity index is 2.79. The molecule has 1 aromatic heterocycles. The fourth-order valence-electron chi connectivity index (χ4n) is 2.23. The van der Waals surface area contributed by atoms with Crippen molar-refractivity contribution in [3.63, 3.8) is 0 Å². The van der Waals surface area contributed by atoms with Crippen LogP contribution in [-0.2, 0) is 11.2 Å². The Kier molecular flexibility index (Phi) is 4.96. The van der Waals surface area contributed by atoms with Gasteiger partial charge in [0.25, 0.3) is 0 Å². The monoisotopic (exact) mass is 340 g/mol. The summed E-state index contributed by atoms with van der Waals surface area (Å²) in [5.41, 5.74) is 3.68. The molecule has 0 radical (unpaired) electrons. The minimum atomic E-state index is -1.28. The number of carbonyl (C=O) groups is 1. The van der Waals surface area contributed by atoms with E-state index in [1.165, 1.54) is 12.1 Å². The average Bonchev–Trinajstić information content (AvgIpc) is 2.59. The number of nitrogens with zero attached hydrogens (tertiary/aromatic N) is 1. The van der Waals surface area contributed by atoms with Gasteiger partial charge in [-0.25, -0.2) is 22.9 Å². The molecule has 1 heterocycles. The Bertz CT molecular complexity index is 810. The Morgan fingerprint density at radius 1 is 1.17 bits per heavy atom. The number of esters is 1. The van der Waals surface area contributed by atoms with E-state index in [0.29, 0.717) is 0 Å². The highest BCUT2D eigenvalue weighted by Gasteiger charge is 2.27. The van der Waals surface area contributed by atoms with Gasteiger partial charge >= 0.3 is 5.97 Å². The molecule has 0 atom stereocenters. The zero-order valence-corrected chi connectivity index (χ0v) is 13.2. The van der Waals surface area contributed by atoms with Crippen LogP contribution in [0.4, 0.5) is 18.9 Å². The molecular weight excluding hydrogens is 325 g/mol. The number of hydrogen-bond acceptors (Lipinski definition) is 5. The maximum absolute atomic E-state index is 14.5. The van der Waals surface area contributed by atoms with Crippen molar-refractivity contribution < 1.29 is 27.4 Å². The second kappa shape index (κ2) is 6.77. The smallest absolute Gasteiger partial charge is 0.360 e. The maximum atomic E-state index is 14.5. The number of halogens is 3. The molecule has 2 N–H and O–H groups in total. The second-order valence-corrected chi connectivity index (χ2v) is 4.82. The van der Waals surface area contributed by atoms with Gasteiger partial charge in [0.2, 0.25) is 0 Å².